The Balaban J connectivity index is 1.47. The van der Waals surface area contributed by atoms with Gasteiger partial charge >= 0.3 is 0 Å². The number of aromatic nitrogens is 1. The summed E-state index contributed by atoms with van der Waals surface area (Å²) in [4.78, 5) is 42.6. The number of hydrogen-bond acceptors (Lipinski definition) is 5. The lowest BCUT2D eigenvalue weighted by Crippen LogP contribution is -2.38. The number of amides is 3. The molecule has 7 heteroatoms. The molecule has 0 unspecified atom stereocenters. The van der Waals surface area contributed by atoms with Crippen LogP contribution in [0, 0.1) is 18.8 Å². The predicted octanol–water partition coefficient (Wildman–Crippen LogP) is 2.49. The summed E-state index contributed by atoms with van der Waals surface area (Å²) in [5, 5.41) is 3.19. The Kier molecular flexibility index (Phi) is 3.88. The number of likely N-dealkylation sites (tertiary alicyclic amines) is 1. The highest BCUT2D eigenvalue weighted by molar-refractivity contribution is 7.22. The van der Waals surface area contributed by atoms with Gasteiger partial charge in [-0.25, -0.2) is 4.98 Å². The molecule has 1 aromatic carbocycles. The van der Waals surface area contributed by atoms with E-state index in [9.17, 15) is 14.4 Å². The van der Waals surface area contributed by atoms with Crippen LogP contribution in [-0.4, -0.2) is 34.2 Å². The molecule has 1 fully saturated rings. The maximum Gasteiger partial charge on any atom is 0.246 e. The van der Waals surface area contributed by atoms with Crippen molar-refractivity contribution in [2.24, 2.45) is 11.8 Å². The molecule has 0 spiro atoms. The number of nitrogens with zero attached hydrogens (tertiary/aromatic N) is 2. The fourth-order valence-electron chi connectivity index (χ4n) is 3.47. The van der Waals surface area contributed by atoms with Crippen molar-refractivity contribution in [3.8, 4) is 0 Å². The molecule has 6 nitrogen and oxygen atoms in total. The van der Waals surface area contributed by atoms with Crippen molar-refractivity contribution in [1.29, 1.82) is 0 Å². The van der Waals surface area contributed by atoms with Crippen LogP contribution in [-0.2, 0) is 14.4 Å². The Morgan fingerprint density at radius 2 is 1.92 bits per heavy atom. The number of fused-ring (bicyclic) bond motifs is 2. The highest BCUT2D eigenvalue weighted by Gasteiger charge is 2.47. The first-order chi connectivity index (χ1) is 12.0. The van der Waals surface area contributed by atoms with Gasteiger partial charge in [0.15, 0.2) is 5.13 Å². The van der Waals surface area contributed by atoms with Crippen molar-refractivity contribution in [3.05, 3.63) is 35.9 Å². The molecule has 3 amide bonds. The molecule has 1 aromatic heterocycles. The van der Waals surface area contributed by atoms with Crippen LogP contribution in [0.3, 0.4) is 0 Å². The van der Waals surface area contributed by atoms with E-state index in [1.807, 2.05) is 37.3 Å². The Bertz CT molecular complexity index is 891. The van der Waals surface area contributed by atoms with Gasteiger partial charge in [-0.15, -0.1) is 0 Å². The summed E-state index contributed by atoms with van der Waals surface area (Å²) in [6.07, 6.45) is 5.01. The van der Waals surface area contributed by atoms with Gasteiger partial charge in [-0.1, -0.05) is 35.6 Å². The van der Waals surface area contributed by atoms with Crippen molar-refractivity contribution < 1.29 is 14.4 Å². The van der Waals surface area contributed by atoms with Crippen LogP contribution in [0.25, 0.3) is 10.2 Å². The van der Waals surface area contributed by atoms with Crippen LogP contribution in [0.2, 0.25) is 0 Å². The van der Waals surface area contributed by atoms with Crippen molar-refractivity contribution in [3.63, 3.8) is 0 Å². The third-order valence-corrected chi connectivity index (χ3v) is 5.70. The first-order valence-electron chi connectivity index (χ1n) is 8.21. The number of para-hydroxylation sites is 1. The summed E-state index contributed by atoms with van der Waals surface area (Å²) in [5.74, 6) is -1.50. The molecule has 0 bridgehead atoms. The van der Waals surface area contributed by atoms with E-state index in [1.54, 1.807) is 0 Å². The molecule has 1 N–H and O–H groups in total. The number of benzene rings is 1. The predicted molar refractivity (Wildman–Crippen MR) is 95.1 cm³/mol. The molecular weight excluding hydrogens is 338 g/mol. The lowest BCUT2D eigenvalue weighted by molar-refractivity contribution is -0.142. The largest absolute Gasteiger partial charge is 0.300 e. The average molecular weight is 355 g/mol. The number of anilines is 1. The van der Waals surface area contributed by atoms with E-state index in [4.69, 9.17) is 0 Å². The van der Waals surface area contributed by atoms with E-state index in [-0.39, 0.29) is 30.2 Å². The number of carbonyl (C=O) groups excluding carboxylic acids is 3. The molecule has 128 valence electrons. The maximum atomic E-state index is 12.4. The van der Waals surface area contributed by atoms with Crippen molar-refractivity contribution in [2.75, 3.05) is 11.9 Å². The average Bonchev–Trinajstić information content (AvgIpc) is 3.11. The van der Waals surface area contributed by atoms with Gasteiger partial charge in [-0.2, -0.15) is 0 Å². The van der Waals surface area contributed by atoms with Crippen LogP contribution in [0.4, 0.5) is 5.13 Å². The zero-order valence-electron chi connectivity index (χ0n) is 13.7. The third kappa shape index (κ3) is 2.74. The molecule has 2 heterocycles. The normalized spacial score (nSPS) is 22.5. The fraction of sp³-hybridized carbons (Fsp3) is 0.333. The topological polar surface area (TPSA) is 79.4 Å². The molecule has 1 saturated heterocycles. The van der Waals surface area contributed by atoms with E-state index >= 15 is 0 Å². The second-order valence-electron chi connectivity index (χ2n) is 6.41. The second-order valence-corrected chi connectivity index (χ2v) is 7.44. The molecule has 1 aliphatic carbocycles. The minimum atomic E-state index is -0.398. The Labute approximate surface area is 148 Å². The van der Waals surface area contributed by atoms with E-state index < -0.39 is 5.91 Å². The van der Waals surface area contributed by atoms with Crippen LogP contribution in [0.5, 0.6) is 0 Å². The Morgan fingerprint density at radius 1 is 1.24 bits per heavy atom. The lowest BCUT2D eigenvalue weighted by Gasteiger charge is -2.14. The Hall–Kier alpha value is -2.54. The summed E-state index contributed by atoms with van der Waals surface area (Å²) >= 11 is 1.38. The molecule has 1 aliphatic heterocycles. The molecule has 0 saturated carbocycles. The van der Waals surface area contributed by atoms with Gasteiger partial charge < -0.3 is 5.32 Å². The number of hydrogen-bond donors (Lipinski definition) is 1. The first kappa shape index (κ1) is 16.0. The molecule has 2 aliphatic rings. The highest BCUT2D eigenvalue weighted by Crippen LogP contribution is 2.35. The van der Waals surface area contributed by atoms with Gasteiger partial charge in [-0.3, -0.25) is 19.3 Å². The molecule has 0 radical (unpaired) electrons. The maximum absolute atomic E-state index is 12.4. The zero-order chi connectivity index (χ0) is 17.6. The number of nitrogens with one attached hydrogen (secondary N) is 1. The summed E-state index contributed by atoms with van der Waals surface area (Å²) in [6, 6.07) is 5.85. The van der Waals surface area contributed by atoms with Gasteiger partial charge in [0.2, 0.25) is 17.7 Å². The summed E-state index contributed by atoms with van der Waals surface area (Å²) in [7, 11) is 0. The van der Waals surface area contributed by atoms with Gasteiger partial charge in [0.25, 0.3) is 0 Å². The van der Waals surface area contributed by atoms with E-state index in [0.717, 1.165) is 20.7 Å². The molecule has 4 rings (SSSR count). The number of allylic oxidation sites excluding steroid dienone is 2. The number of aryl methyl sites for hydroxylation is 1. The quantitative estimate of drug-likeness (QED) is 0.678. The standard InChI is InChI=1S/C18H17N3O3S/c1-10-5-4-8-13-15(10)20-18(25-13)19-14(22)9-21-16(23)11-6-2-3-7-12(11)17(21)24/h2-5,8,11-12H,6-7,9H2,1H3,(H,19,20,22)/t11-,12+. The number of carbonyl (C=O) groups is 3. The molecule has 2 atom stereocenters. The number of thiazole rings is 1. The minimum Gasteiger partial charge on any atom is -0.300 e. The van der Waals surface area contributed by atoms with Crippen LogP contribution in [0.15, 0.2) is 30.4 Å². The third-order valence-electron chi connectivity index (χ3n) is 4.77. The van der Waals surface area contributed by atoms with Crippen molar-refractivity contribution >= 4 is 44.4 Å². The van der Waals surface area contributed by atoms with Crippen LogP contribution < -0.4 is 5.32 Å². The van der Waals surface area contributed by atoms with Gasteiger partial charge in [0, 0.05) is 0 Å². The summed E-state index contributed by atoms with van der Waals surface area (Å²) in [6.45, 7) is 1.71. The highest BCUT2D eigenvalue weighted by atomic mass is 32.1. The van der Waals surface area contributed by atoms with E-state index in [2.05, 4.69) is 10.3 Å². The smallest absolute Gasteiger partial charge is 0.246 e. The summed E-state index contributed by atoms with van der Waals surface area (Å²) in [5.41, 5.74) is 1.89. The van der Waals surface area contributed by atoms with Gasteiger partial charge in [0.1, 0.15) is 6.54 Å². The van der Waals surface area contributed by atoms with Gasteiger partial charge in [0.05, 0.1) is 22.1 Å². The molecule has 2 aromatic rings. The minimum absolute atomic E-state index is 0.241. The van der Waals surface area contributed by atoms with Crippen LogP contribution in [0.1, 0.15) is 18.4 Å². The number of rotatable bonds is 3. The van der Waals surface area contributed by atoms with Crippen molar-refractivity contribution in [1.82, 2.24) is 9.88 Å². The van der Waals surface area contributed by atoms with E-state index in [1.165, 1.54) is 11.3 Å². The lowest BCUT2D eigenvalue weighted by atomic mass is 9.85. The zero-order valence-corrected chi connectivity index (χ0v) is 14.5. The number of imide groups is 1. The van der Waals surface area contributed by atoms with Gasteiger partial charge in [-0.05, 0) is 31.4 Å². The SMILES string of the molecule is Cc1cccc2sc(NC(=O)CN3C(=O)[C@H]4CC=CC[C@H]4C3=O)nc12. The second kappa shape index (κ2) is 6.07. The summed E-state index contributed by atoms with van der Waals surface area (Å²) < 4.78 is 0.987. The van der Waals surface area contributed by atoms with E-state index in [0.29, 0.717) is 18.0 Å². The van der Waals surface area contributed by atoms with Crippen LogP contribution >= 0.6 is 11.3 Å². The van der Waals surface area contributed by atoms with Crippen molar-refractivity contribution in [2.45, 2.75) is 19.8 Å². The molecular formula is C18H17N3O3S. The first-order valence-corrected chi connectivity index (χ1v) is 9.02. The fourth-order valence-corrected chi connectivity index (χ4v) is 4.43. The molecule has 25 heavy (non-hydrogen) atoms. The Morgan fingerprint density at radius 3 is 2.56 bits per heavy atom. The monoisotopic (exact) mass is 355 g/mol.